The lowest BCUT2D eigenvalue weighted by atomic mass is 9.93. The Kier molecular flexibility index (Phi) is 6.48. The van der Waals surface area contributed by atoms with Gasteiger partial charge in [-0.25, -0.2) is 0 Å². The number of rotatable bonds is 8. The number of benzene rings is 1. The highest BCUT2D eigenvalue weighted by Crippen LogP contribution is 2.34. The van der Waals surface area contributed by atoms with Gasteiger partial charge >= 0.3 is 18.5 Å². The standard InChI is InChI=1S/C16H13ClF4O4S/c17-12-5-4-11(26-12)13(22)10(14(23)24)7-8-2-1-3-9(6-8)25-16(20,21)15(18)19/h1-6,10,13,15,22H,7H2,(H,23,24). The lowest BCUT2D eigenvalue weighted by Gasteiger charge is -2.20. The van der Waals surface area contributed by atoms with E-state index < -0.39 is 36.3 Å². The first-order valence-corrected chi connectivity index (χ1v) is 8.39. The molecule has 1 heterocycles. The van der Waals surface area contributed by atoms with Crippen LogP contribution in [0.15, 0.2) is 36.4 Å². The number of aliphatic hydroxyl groups is 1. The van der Waals surface area contributed by atoms with Crippen molar-refractivity contribution in [2.75, 3.05) is 0 Å². The van der Waals surface area contributed by atoms with Crippen molar-refractivity contribution in [1.29, 1.82) is 0 Å². The fourth-order valence-electron chi connectivity index (χ4n) is 2.21. The van der Waals surface area contributed by atoms with Gasteiger partial charge in [0.15, 0.2) is 0 Å². The molecule has 0 saturated heterocycles. The van der Waals surface area contributed by atoms with Gasteiger partial charge in [-0.2, -0.15) is 17.6 Å². The Hall–Kier alpha value is -1.84. The number of thiophene rings is 1. The number of hydrogen-bond donors (Lipinski definition) is 2. The molecule has 0 saturated carbocycles. The molecule has 2 rings (SSSR count). The van der Waals surface area contributed by atoms with E-state index in [2.05, 4.69) is 4.74 Å². The maximum atomic E-state index is 13.0. The van der Waals surface area contributed by atoms with E-state index >= 15 is 0 Å². The number of carbonyl (C=O) groups is 1. The number of ether oxygens (including phenoxy) is 1. The highest BCUT2D eigenvalue weighted by molar-refractivity contribution is 7.16. The number of carboxylic acids is 1. The zero-order valence-electron chi connectivity index (χ0n) is 12.9. The van der Waals surface area contributed by atoms with Crippen LogP contribution in [0.3, 0.4) is 0 Å². The van der Waals surface area contributed by atoms with E-state index in [9.17, 15) is 32.6 Å². The third kappa shape index (κ3) is 5.09. The summed E-state index contributed by atoms with van der Waals surface area (Å²) in [5.41, 5.74) is 0.224. The maximum Gasteiger partial charge on any atom is 0.461 e. The molecule has 10 heteroatoms. The molecule has 1 aromatic heterocycles. The Morgan fingerprint density at radius 1 is 1.27 bits per heavy atom. The van der Waals surface area contributed by atoms with Gasteiger partial charge in [-0.1, -0.05) is 23.7 Å². The summed E-state index contributed by atoms with van der Waals surface area (Å²) in [5.74, 6) is -3.15. The molecule has 0 amide bonds. The van der Waals surface area contributed by atoms with Crippen LogP contribution in [0.25, 0.3) is 0 Å². The molecule has 142 valence electrons. The molecule has 0 aliphatic carbocycles. The van der Waals surface area contributed by atoms with E-state index in [1.54, 1.807) is 0 Å². The second-order valence-electron chi connectivity index (χ2n) is 5.35. The molecule has 2 aromatic rings. The Labute approximate surface area is 154 Å². The van der Waals surface area contributed by atoms with Crippen LogP contribution in [0.2, 0.25) is 4.34 Å². The van der Waals surface area contributed by atoms with Crippen LogP contribution < -0.4 is 4.74 Å². The Balaban J connectivity index is 2.19. The topological polar surface area (TPSA) is 66.8 Å². The first kappa shape index (κ1) is 20.5. The van der Waals surface area contributed by atoms with E-state index in [0.717, 1.165) is 23.5 Å². The molecular formula is C16H13ClF4O4S. The van der Waals surface area contributed by atoms with Gasteiger partial charge < -0.3 is 14.9 Å². The van der Waals surface area contributed by atoms with E-state index in [1.807, 2.05) is 0 Å². The van der Waals surface area contributed by atoms with Crippen molar-refractivity contribution < 1.29 is 37.3 Å². The smallest absolute Gasteiger partial charge is 0.461 e. The van der Waals surface area contributed by atoms with Crippen molar-refractivity contribution in [3.05, 3.63) is 51.2 Å². The van der Waals surface area contributed by atoms with Crippen LogP contribution in [-0.4, -0.2) is 28.7 Å². The number of hydrogen-bond acceptors (Lipinski definition) is 4. The van der Waals surface area contributed by atoms with Crippen LogP contribution in [0.1, 0.15) is 16.5 Å². The first-order chi connectivity index (χ1) is 12.1. The SMILES string of the molecule is O=C(O)C(Cc1cccc(OC(F)(F)C(F)F)c1)C(O)c1ccc(Cl)s1. The van der Waals surface area contributed by atoms with Gasteiger partial charge in [0.25, 0.3) is 0 Å². The van der Waals surface area contributed by atoms with Crippen molar-refractivity contribution in [3.63, 3.8) is 0 Å². The van der Waals surface area contributed by atoms with E-state index in [4.69, 9.17) is 11.6 Å². The van der Waals surface area contributed by atoms with Gasteiger partial charge in [-0.15, -0.1) is 11.3 Å². The number of halogens is 5. The average molecular weight is 413 g/mol. The fraction of sp³-hybridized carbons (Fsp3) is 0.312. The summed E-state index contributed by atoms with van der Waals surface area (Å²) < 4.78 is 54.8. The summed E-state index contributed by atoms with van der Waals surface area (Å²) in [4.78, 5) is 11.8. The Morgan fingerprint density at radius 2 is 1.96 bits per heavy atom. The van der Waals surface area contributed by atoms with Crippen LogP contribution >= 0.6 is 22.9 Å². The van der Waals surface area contributed by atoms with Gasteiger partial charge in [0.05, 0.1) is 10.3 Å². The minimum absolute atomic E-state index is 0.224. The van der Waals surface area contributed by atoms with E-state index in [1.165, 1.54) is 24.3 Å². The van der Waals surface area contributed by atoms with Crippen LogP contribution in [-0.2, 0) is 11.2 Å². The van der Waals surface area contributed by atoms with Crippen molar-refractivity contribution in [2.45, 2.75) is 25.1 Å². The molecule has 26 heavy (non-hydrogen) atoms. The Bertz CT molecular complexity index is 768. The second kappa shape index (κ2) is 8.24. The summed E-state index contributed by atoms with van der Waals surface area (Å²) in [6.45, 7) is 0. The minimum atomic E-state index is -4.67. The molecule has 0 bridgehead atoms. The average Bonchev–Trinajstić information content (AvgIpc) is 2.98. The van der Waals surface area contributed by atoms with Crippen molar-refractivity contribution in [1.82, 2.24) is 0 Å². The quantitative estimate of drug-likeness (QED) is 0.621. The van der Waals surface area contributed by atoms with Crippen LogP contribution in [0.5, 0.6) is 5.75 Å². The Morgan fingerprint density at radius 3 is 2.50 bits per heavy atom. The normalized spacial score (nSPS) is 14.3. The molecule has 0 spiro atoms. The molecule has 2 atom stereocenters. The van der Waals surface area contributed by atoms with Crippen molar-refractivity contribution >= 4 is 28.9 Å². The predicted octanol–water partition coefficient (Wildman–Crippen LogP) is 4.62. The highest BCUT2D eigenvalue weighted by Gasteiger charge is 2.44. The second-order valence-corrected chi connectivity index (χ2v) is 7.09. The maximum absolute atomic E-state index is 13.0. The number of alkyl halides is 4. The molecular weight excluding hydrogens is 400 g/mol. The van der Waals surface area contributed by atoms with Gasteiger partial charge in [0, 0.05) is 4.88 Å². The number of carboxylic acid groups (broad SMARTS) is 1. The molecule has 0 aliphatic rings. The molecule has 0 fully saturated rings. The molecule has 0 aliphatic heterocycles. The number of aliphatic hydroxyl groups excluding tert-OH is 1. The zero-order valence-corrected chi connectivity index (χ0v) is 14.5. The third-order valence-electron chi connectivity index (χ3n) is 3.45. The van der Waals surface area contributed by atoms with E-state index in [-0.39, 0.29) is 12.0 Å². The monoisotopic (exact) mass is 412 g/mol. The predicted molar refractivity (Wildman–Crippen MR) is 87.1 cm³/mol. The van der Waals surface area contributed by atoms with Crippen LogP contribution in [0, 0.1) is 5.92 Å². The molecule has 2 N–H and O–H groups in total. The third-order valence-corrected chi connectivity index (χ3v) is 4.75. The zero-order chi connectivity index (χ0) is 19.5. The summed E-state index contributed by atoms with van der Waals surface area (Å²) in [5, 5.41) is 19.6. The van der Waals surface area contributed by atoms with Gasteiger partial charge in [0.1, 0.15) is 11.9 Å². The fourth-order valence-corrected chi connectivity index (χ4v) is 3.32. The molecule has 2 unspecified atom stereocenters. The van der Waals surface area contributed by atoms with E-state index in [0.29, 0.717) is 9.21 Å². The lowest BCUT2D eigenvalue weighted by Crippen LogP contribution is -2.33. The molecule has 0 radical (unpaired) electrons. The van der Waals surface area contributed by atoms with Crippen molar-refractivity contribution in [2.24, 2.45) is 5.92 Å². The summed E-state index contributed by atoms with van der Waals surface area (Å²) in [6, 6.07) is 7.74. The minimum Gasteiger partial charge on any atom is -0.481 e. The summed E-state index contributed by atoms with van der Waals surface area (Å²) >= 11 is 6.78. The molecule has 1 aromatic carbocycles. The number of aliphatic carboxylic acids is 1. The lowest BCUT2D eigenvalue weighted by molar-refractivity contribution is -0.253. The van der Waals surface area contributed by atoms with Gasteiger partial charge in [-0.05, 0) is 36.2 Å². The summed E-state index contributed by atoms with van der Waals surface area (Å²) in [6.07, 6.45) is -10.3. The molecule has 4 nitrogen and oxygen atoms in total. The largest absolute Gasteiger partial charge is 0.481 e. The van der Waals surface area contributed by atoms with Crippen molar-refractivity contribution in [3.8, 4) is 5.75 Å². The summed E-state index contributed by atoms with van der Waals surface area (Å²) in [7, 11) is 0. The highest BCUT2D eigenvalue weighted by atomic mass is 35.5. The first-order valence-electron chi connectivity index (χ1n) is 7.20. The van der Waals surface area contributed by atoms with Gasteiger partial charge in [-0.3, -0.25) is 4.79 Å². The van der Waals surface area contributed by atoms with Gasteiger partial charge in [0.2, 0.25) is 0 Å². The van der Waals surface area contributed by atoms with Crippen LogP contribution in [0.4, 0.5) is 17.6 Å².